The Morgan fingerprint density at radius 1 is 1.25 bits per heavy atom. The van der Waals surface area contributed by atoms with Crippen molar-refractivity contribution in [3.63, 3.8) is 0 Å². The van der Waals surface area contributed by atoms with Gasteiger partial charge in [-0.05, 0) is 25.5 Å². The maximum absolute atomic E-state index is 12.2. The summed E-state index contributed by atoms with van der Waals surface area (Å²) in [4.78, 5) is 24.0. The highest BCUT2D eigenvalue weighted by molar-refractivity contribution is 6.02. The number of rotatable bonds is 4. The van der Waals surface area contributed by atoms with Gasteiger partial charge in [0.15, 0.2) is 17.3 Å². The van der Waals surface area contributed by atoms with Gasteiger partial charge in [0, 0.05) is 17.5 Å². The highest BCUT2D eigenvalue weighted by Crippen LogP contribution is 2.39. The molecule has 0 aromatic heterocycles. The third-order valence-electron chi connectivity index (χ3n) is 3.45. The van der Waals surface area contributed by atoms with E-state index in [0.717, 1.165) is 5.56 Å². The lowest BCUT2D eigenvalue weighted by atomic mass is 9.82. The van der Waals surface area contributed by atoms with Gasteiger partial charge in [0.2, 0.25) is 0 Å². The average Bonchev–Trinajstić information content (AvgIpc) is 2.46. The molecule has 1 aliphatic rings. The molecule has 0 heterocycles. The van der Waals surface area contributed by atoms with Crippen molar-refractivity contribution in [2.75, 3.05) is 20.8 Å². The molecule has 1 atom stereocenters. The van der Waals surface area contributed by atoms with Gasteiger partial charge in [0.05, 0.1) is 26.7 Å². The Morgan fingerprint density at radius 2 is 2.00 bits per heavy atom. The molecule has 5 nitrogen and oxygen atoms in total. The number of benzene rings is 1. The van der Waals surface area contributed by atoms with Gasteiger partial charge < -0.3 is 14.2 Å². The van der Waals surface area contributed by atoms with E-state index in [-0.39, 0.29) is 18.2 Å². The van der Waals surface area contributed by atoms with E-state index in [9.17, 15) is 9.59 Å². The number of hydrogen-bond donors (Lipinski definition) is 0. The number of hydrogen-bond acceptors (Lipinski definition) is 5. The van der Waals surface area contributed by atoms with E-state index in [0.29, 0.717) is 30.1 Å². The van der Waals surface area contributed by atoms with Gasteiger partial charge in [-0.2, -0.15) is 0 Å². The van der Waals surface area contributed by atoms with E-state index in [4.69, 9.17) is 14.2 Å². The minimum Gasteiger partial charge on any atom is -0.493 e. The second-order valence-electron chi connectivity index (χ2n) is 4.61. The molecule has 0 radical (unpaired) electrons. The molecule has 0 spiro atoms. The minimum absolute atomic E-state index is 0.0646. The Labute approximate surface area is 117 Å². The lowest BCUT2D eigenvalue weighted by Gasteiger charge is -2.24. The first-order valence-electron chi connectivity index (χ1n) is 6.56. The van der Waals surface area contributed by atoms with Gasteiger partial charge in [0.1, 0.15) is 0 Å². The van der Waals surface area contributed by atoms with Crippen LogP contribution in [-0.4, -0.2) is 32.6 Å². The summed E-state index contributed by atoms with van der Waals surface area (Å²) < 4.78 is 15.6. The topological polar surface area (TPSA) is 61.8 Å². The Bertz CT molecular complexity index is 535. The molecule has 0 aliphatic heterocycles. The maximum atomic E-state index is 12.2. The summed E-state index contributed by atoms with van der Waals surface area (Å²) in [6, 6.07) is 3.43. The monoisotopic (exact) mass is 278 g/mol. The van der Waals surface area contributed by atoms with Crippen LogP contribution in [-0.2, 0) is 16.0 Å². The van der Waals surface area contributed by atoms with E-state index < -0.39 is 5.92 Å². The molecule has 0 bridgehead atoms. The highest BCUT2D eigenvalue weighted by atomic mass is 16.5. The van der Waals surface area contributed by atoms with Crippen LogP contribution in [0.3, 0.4) is 0 Å². The zero-order valence-electron chi connectivity index (χ0n) is 11.9. The van der Waals surface area contributed by atoms with Crippen molar-refractivity contribution >= 4 is 11.8 Å². The van der Waals surface area contributed by atoms with Crippen LogP contribution >= 0.6 is 0 Å². The van der Waals surface area contributed by atoms with Crippen molar-refractivity contribution in [3.05, 3.63) is 23.3 Å². The van der Waals surface area contributed by atoms with Crippen LogP contribution in [0, 0.1) is 5.92 Å². The summed E-state index contributed by atoms with van der Waals surface area (Å²) in [5.74, 6) is 0.230. The summed E-state index contributed by atoms with van der Waals surface area (Å²) in [6.07, 6.45) is 0.613. The molecule has 5 heteroatoms. The van der Waals surface area contributed by atoms with Crippen LogP contribution in [0.4, 0.5) is 0 Å². The van der Waals surface area contributed by atoms with Crippen molar-refractivity contribution in [3.8, 4) is 11.5 Å². The first kappa shape index (κ1) is 14.4. The molecule has 1 aromatic carbocycles. The third-order valence-corrected chi connectivity index (χ3v) is 3.45. The van der Waals surface area contributed by atoms with E-state index in [2.05, 4.69) is 0 Å². The first-order chi connectivity index (χ1) is 9.62. The Hall–Kier alpha value is -2.04. The fraction of sp³-hybridized carbons (Fsp3) is 0.467. The average molecular weight is 278 g/mol. The van der Waals surface area contributed by atoms with Crippen LogP contribution in [0.2, 0.25) is 0 Å². The van der Waals surface area contributed by atoms with Crippen LogP contribution in [0.1, 0.15) is 29.3 Å². The smallest absolute Gasteiger partial charge is 0.309 e. The molecule has 108 valence electrons. The zero-order valence-corrected chi connectivity index (χ0v) is 11.9. The van der Waals surface area contributed by atoms with Crippen LogP contribution in [0.15, 0.2) is 12.1 Å². The Kier molecular flexibility index (Phi) is 4.27. The van der Waals surface area contributed by atoms with Gasteiger partial charge in [0.25, 0.3) is 0 Å². The molecule has 0 saturated carbocycles. The number of carbonyl (C=O) groups is 2. The number of ketones is 1. The lowest BCUT2D eigenvalue weighted by molar-refractivity contribution is -0.148. The van der Waals surface area contributed by atoms with Crippen molar-refractivity contribution in [1.29, 1.82) is 0 Å². The zero-order chi connectivity index (χ0) is 14.7. The lowest BCUT2D eigenvalue weighted by Crippen LogP contribution is -2.28. The largest absolute Gasteiger partial charge is 0.493 e. The van der Waals surface area contributed by atoms with E-state index in [1.54, 1.807) is 19.1 Å². The first-order valence-corrected chi connectivity index (χ1v) is 6.56. The molecule has 0 fully saturated rings. The van der Waals surface area contributed by atoms with E-state index in [1.165, 1.54) is 14.2 Å². The van der Waals surface area contributed by atoms with E-state index in [1.807, 2.05) is 0 Å². The normalized spacial score (nSPS) is 17.4. The summed E-state index contributed by atoms with van der Waals surface area (Å²) in [5.41, 5.74) is 1.32. The van der Waals surface area contributed by atoms with Gasteiger partial charge in [-0.1, -0.05) is 0 Å². The van der Waals surface area contributed by atoms with Crippen molar-refractivity contribution in [2.24, 2.45) is 5.92 Å². The molecule has 20 heavy (non-hydrogen) atoms. The predicted molar refractivity (Wildman–Crippen MR) is 72.3 cm³/mol. The molecule has 0 saturated heterocycles. The maximum Gasteiger partial charge on any atom is 0.309 e. The van der Waals surface area contributed by atoms with Crippen molar-refractivity contribution < 1.29 is 23.8 Å². The molecule has 0 amide bonds. The fourth-order valence-electron chi connectivity index (χ4n) is 2.53. The van der Waals surface area contributed by atoms with Gasteiger partial charge in [-0.15, -0.1) is 0 Å². The number of methoxy groups -OCH3 is 2. The number of ether oxygens (including phenoxy) is 3. The SMILES string of the molecule is CCOC(=O)[C@H]1CC(=O)c2ccc(OC)c(OC)c2C1. The van der Waals surface area contributed by atoms with Crippen molar-refractivity contribution in [1.82, 2.24) is 0 Å². The van der Waals surface area contributed by atoms with Gasteiger partial charge in [-0.25, -0.2) is 0 Å². The van der Waals surface area contributed by atoms with Crippen LogP contribution < -0.4 is 9.47 Å². The molecular formula is C15H18O5. The predicted octanol–water partition coefficient (Wildman–Crippen LogP) is 2.01. The minimum atomic E-state index is -0.448. The Balaban J connectivity index is 2.41. The van der Waals surface area contributed by atoms with E-state index >= 15 is 0 Å². The van der Waals surface area contributed by atoms with Gasteiger partial charge in [-0.3, -0.25) is 9.59 Å². The second-order valence-corrected chi connectivity index (χ2v) is 4.61. The van der Waals surface area contributed by atoms with Gasteiger partial charge >= 0.3 is 5.97 Å². The quantitative estimate of drug-likeness (QED) is 0.788. The van der Waals surface area contributed by atoms with Crippen LogP contribution in [0.25, 0.3) is 0 Å². The Morgan fingerprint density at radius 3 is 2.60 bits per heavy atom. The fourth-order valence-corrected chi connectivity index (χ4v) is 2.53. The summed E-state index contributed by atoms with van der Waals surface area (Å²) in [7, 11) is 3.06. The number of carbonyl (C=O) groups excluding carboxylic acids is 2. The highest BCUT2D eigenvalue weighted by Gasteiger charge is 2.33. The molecule has 2 rings (SSSR count). The number of Topliss-reactive ketones (excluding diaryl/α,β-unsaturated/α-hetero) is 1. The molecule has 0 N–H and O–H groups in total. The van der Waals surface area contributed by atoms with Crippen molar-refractivity contribution in [2.45, 2.75) is 19.8 Å². The van der Waals surface area contributed by atoms with Crippen LogP contribution in [0.5, 0.6) is 11.5 Å². The molecule has 0 unspecified atom stereocenters. The summed E-state index contributed by atoms with van der Waals surface area (Å²) in [6.45, 7) is 2.06. The number of esters is 1. The molecule has 1 aliphatic carbocycles. The summed E-state index contributed by atoms with van der Waals surface area (Å²) >= 11 is 0. The molecular weight excluding hydrogens is 260 g/mol. The summed E-state index contributed by atoms with van der Waals surface area (Å²) in [5, 5.41) is 0. The third kappa shape index (κ3) is 2.48. The second kappa shape index (κ2) is 5.94. The number of fused-ring (bicyclic) bond motifs is 1. The molecule has 1 aromatic rings. The standard InChI is InChI=1S/C15H18O5/c1-4-20-15(17)9-7-11-10(12(16)8-9)5-6-13(18-2)14(11)19-3/h5-6,9H,4,7-8H2,1-3H3/t9-/m1/s1.